The summed E-state index contributed by atoms with van der Waals surface area (Å²) in [6, 6.07) is 0. The average molecular weight is 210 g/mol. The van der Waals surface area contributed by atoms with Crippen LogP contribution in [0.4, 0.5) is 0 Å². The van der Waals surface area contributed by atoms with Crippen LogP contribution >= 0.6 is 0 Å². The molecule has 0 bridgehead atoms. The average Bonchev–Trinajstić information content (AvgIpc) is 2.58. The van der Waals surface area contributed by atoms with Gasteiger partial charge in [0.2, 0.25) is 0 Å². The second-order valence-electron chi connectivity index (χ2n) is 5.72. The van der Waals surface area contributed by atoms with E-state index in [1.54, 1.807) is 0 Å². The smallest absolute Gasteiger partial charge is 0.139 e. The number of carbonyl (C=O) groups excluding carboxylic acids is 1. The number of hydrogen-bond donors (Lipinski definition) is 0. The first-order valence-electron chi connectivity index (χ1n) is 6.23. The first-order valence-corrected chi connectivity index (χ1v) is 6.23. The molecule has 0 aromatic carbocycles. The van der Waals surface area contributed by atoms with Crippen molar-refractivity contribution >= 4 is 5.78 Å². The minimum Gasteiger partial charge on any atom is -0.381 e. The zero-order valence-corrected chi connectivity index (χ0v) is 9.92. The first-order chi connectivity index (χ1) is 7.11. The van der Waals surface area contributed by atoms with Crippen LogP contribution in [0, 0.1) is 17.3 Å². The molecule has 2 nitrogen and oxygen atoms in total. The third kappa shape index (κ3) is 2.25. The molecule has 0 radical (unpaired) electrons. The molecule has 0 aromatic heterocycles. The SMILES string of the molecule is CC1(C)CCCC1C(=O)C1CCOCC1. The van der Waals surface area contributed by atoms with Crippen LogP contribution in [-0.4, -0.2) is 19.0 Å². The van der Waals surface area contributed by atoms with Crippen molar-refractivity contribution in [2.24, 2.45) is 17.3 Å². The quantitative estimate of drug-likeness (QED) is 0.700. The molecule has 2 heteroatoms. The van der Waals surface area contributed by atoms with Crippen molar-refractivity contribution in [3.05, 3.63) is 0 Å². The maximum Gasteiger partial charge on any atom is 0.139 e. The fraction of sp³-hybridized carbons (Fsp3) is 0.923. The van der Waals surface area contributed by atoms with Crippen LogP contribution in [-0.2, 0) is 9.53 Å². The monoisotopic (exact) mass is 210 g/mol. The summed E-state index contributed by atoms with van der Waals surface area (Å²) in [6.07, 6.45) is 5.46. The van der Waals surface area contributed by atoms with Gasteiger partial charge in [0.1, 0.15) is 5.78 Å². The lowest BCUT2D eigenvalue weighted by Crippen LogP contribution is -2.34. The molecule has 2 aliphatic rings. The van der Waals surface area contributed by atoms with Gasteiger partial charge in [-0.2, -0.15) is 0 Å². The van der Waals surface area contributed by atoms with E-state index < -0.39 is 0 Å². The highest BCUT2D eigenvalue weighted by atomic mass is 16.5. The molecule has 1 saturated heterocycles. The number of carbonyl (C=O) groups is 1. The van der Waals surface area contributed by atoms with Gasteiger partial charge in [0, 0.05) is 25.0 Å². The molecule has 0 spiro atoms. The Hall–Kier alpha value is -0.370. The highest BCUT2D eigenvalue weighted by Gasteiger charge is 2.41. The Morgan fingerprint density at radius 3 is 2.40 bits per heavy atom. The molecule has 1 aliphatic carbocycles. The molecule has 86 valence electrons. The fourth-order valence-corrected chi connectivity index (χ4v) is 3.12. The summed E-state index contributed by atoms with van der Waals surface area (Å²) < 4.78 is 5.31. The van der Waals surface area contributed by atoms with Gasteiger partial charge in [-0.05, 0) is 31.1 Å². The van der Waals surface area contributed by atoms with Crippen molar-refractivity contribution in [3.63, 3.8) is 0 Å². The summed E-state index contributed by atoms with van der Waals surface area (Å²) in [7, 11) is 0. The van der Waals surface area contributed by atoms with Crippen molar-refractivity contribution in [2.45, 2.75) is 46.0 Å². The zero-order chi connectivity index (χ0) is 10.9. The number of hydrogen-bond acceptors (Lipinski definition) is 2. The third-order valence-electron chi connectivity index (χ3n) is 4.22. The van der Waals surface area contributed by atoms with Crippen LogP contribution in [0.2, 0.25) is 0 Å². The minimum absolute atomic E-state index is 0.245. The summed E-state index contributed by atoms with van der Waals surface area (Å²) >= 11 is 0. The largest absolute Gasteiger partial charge is 0.381 e. The normalized spacial score (nSPS) is 31.7. The van der Waals surface area contributed by atoms with E-state index in [-0.39, 0.29) is 5.41 Å². The highest BCUT2D eigenvalue weighted by molar-refractivity contribution is 5.84. The number of Topliss-reactive ketones (excluding diaryl/α,β-unsaturated/α-hetero) is 1. The van der Waals surface area contributed by atoms with Crippen LogP contribution in [0.15, 0.2) is 0 Å². The van der Waals surface area contributed by atoms with Crippen LogP contribution < -0.4 is 0 Å². The van der Waals surface area contributed by atoms with E-state index >= 15 is 0 Å². The van der Waals surface area contributed by atoms with E-state index in [2.05, 4.69) is 13.8 Å². The van der Waals surface area contributed by atoms with Crippen molar-refractivity contribution in [2.75, 3.05) is 13.2 Å². The Morgan fingerprint density at radius 2 is 1.87 bits per heavy atom. The lowest BCUT2D eigenvalue weighted by Gasteiger charge is -2.30. The Labute approximate surface area is 92.4 Å². The third-order valence-corrected chi connectivity index (χ3v) is 4.22. The van der Waals surface area contributed by atoms with E-state index in [0.29, 0.717) is 17.6 Å². The van der Waals surface area contributed by atoms with Gasteiger partial charge in [0.25, 0.3) is 0 Å². The van der Waals surface area contributed by atoms with Crippen molar-refractivity contribution in [3.8, 4) is 0 Å². The van der Waals surface area contributed by atoms with Gasteiger partial charge in [-0.1, -0.05) is 20.3 Å². The first kappa shape index (κ1) is 11.1. The standard InChI is InChI=1S/C13H22O2/c1-13(2)7-3-4-11(13)12(14)10-5-8-15-9-6-10/h10-11H,3-9H2,1-2H3. The minimum atomic E-state index is 0.245. The van der Waals surface area contributed by atoms with Crippen LogP contribution in [0.3, 0.4) is 0 Å². The molecule has 2 rings (SSSR count). The molecule has 15 heavy (non-hydrogen) atoms. The Balaban J connectivity index is 2.00. The van der Waals surface area contributed by atoms with Gasteiger partial charge in [-0.15, -0.1) is 0 Å². The van der Waals surface area contributed by atoms with Gasteiger partial charge < -0.3 is 4.74 Å². The maximum absolute atomic E-state index is 12.4. The molecule has 0 N–H and O–H groups in total. The number of ketones is 1. The predicted molar refractivity (Wildman–Crippen MR) is 59.7 cm³/mol. The molecule has 0 amide bonds. The second-order valence-corrected chi connectivity index (χ2v) is 5.72. The van der Waals surface area contributed by atoms with Gasteiger partial charge in [0.15, 0.2) is 0 Å². The second kappa shape index (κ2) is 4.25. The van der Waals surface area contributed by atoms with E-state index in [1.807, 2.05) is 0 Å². The predicted octanol–water partition coefficient (Wildman–Crippen LogP) is 2.81. The van der Waals surface area contributed by atoms with E-state index in [0.717, 1.165) is 32.5 Å². The molecule has 1 unspecified atom stereocenters. The Kier molecular flexibility index (Phi) is 3.15. The highest BCUT2D eigenvalue weighted by Crippen LogP contribution is 2.44. The number of ether oxygens (including phenoxy) is 1. The molecule has 0 aromatic rings. The van der Waals surface area contributed by atoms with Gasteiger partial charge >= 0.3 is 0 Å². The van der Waals surface area contributed by atoms with E-state index in [4.69, 9.17) is 4.74 Å². The summed E-state index contributed by atoms with van der Waals surface area (Å²) in [5.41, 5.74) is 0.245. The fourth-order valence-electron chi connectivity index (χ4n) is 3.12. The molecule has 1 atom stereocenters. The summed E-state index contributed by atoms with van der Waals surface area (Å²) in [6.45, 7) is 6.07. The Morgan fingerprint density at radius 1 is 1.20 bits per heavy atom. The van der Waals surface area contributed by atoms with Crippen molar-refractivity contribution < 1.29 is 9.53 Å². The molecule has 1 heterocycles. The van der Waals surface area contributed by atoms with Gasteiger partial charge in [-0.25, -0.2) is 0 Å². The molecule has 1 saturated carbocycles. The molecule has 2 fully saturated rings. The summed E-state index contributed by atoms with van der Waals surface area (Å²) in [4.78, 5) is 12.4. The van der Waals surface area contributed by atoms with Crippen LogP contribution in [0.5, 0.6) is 0 Å². The van der Waals surface area contributed by atoms with Crippen molar-refractivity contribution in [1.29, 1.82) is 0 Å². The van der Waals surface area contributed by atoms with Crippen molar-refractivity contribution in [1.82, 2.24) is 0 Å². The van der Waals surface area contributed by atoms with Crippen LogP contribution in [0.25, 0.3) is 0 Å². The zero-order valence-electron chi connectivity index (χ0n) is 9.92. The lowest BCUT2D eigenvalue weighted by atomic mass is 9.74. The topological polar surface area (TPSA) is 26.3 Å². The molecular weight excluding hydrogens is 188 g/mol. The van der Waals surface area contributed by atoms with E-state index in [9.17, 15) is 4.79 Å². The van der Waals surface area contributed by atoms with Crippen LogP contribution in [0.1, 0.15) is 46.0 Å². The Bertz CT molecular complexity index is 239. The van der Waals surface area contributed by atoms with Gasteiger partial charge in [0.05, 0.1) is 0 Å². The van der Waals surface area contributed by atoms with Gasteiger partial charge in [-0.3, -0.25) is 4.79 Å². The summed E-state index contributed by atoms with van der Waals surface area (Å²) in [5, 5.41) is 0. The molecular formula is C13H22O2. The number of rotatable bonds is 2. The molecule has 1 aliphatic heterocycles. The summed E-state index contributed by atoms with van der Waals surface area (Å²) in [5.74, 6) is 1.14. The van der Waals surface area contributed by atoms with E-state index in [1.165, 1.54) is 12.8 Å². The maximum atomic E-state index is 12.4. The lowest BCUT2D eigenvalue weighted by molar-refractivity contribution is -0.132.